The molecule has 0 N–H and O–H groups in total. The molecule has 2 aromatic rings. The molecule has 0 aromatic heterocycles. The van der Waals surface area contributed by atoms with E-state index in [0.29, 0.717) is 5.02 Å². The number of rotatable bonds is 2. The van der Waals surface area contributed by atoms with Gasteiger partial charge in [-0.1, -0.05) is 17.7 Å². The number of halogens is 1. The molecule has 2 heteroatoms. The first kappa shape index (κ1) is 11.0. The molecule has 0 aliphatic carbocycles. The average Bonchev–Trinajstić information content (AvgIpc) is 2.27. The van der Waals surface area contributed by atoms with Crippen LogP contribution >= 0.6 is 11.6 Å². The Hall–Kier alpha value is -1.47. The molecule has 0 atom stereocenters. The van der Waals surface area contributed by atoms with Crippen LogP contribution in [-0.2, 0) is 0 Å². The summed E-state index contributed by atoms with van der Waals surface area (Å²) >= 11 is 5.81. The predicted molar refractivity (Wildman–Crippen MR) is 67.4 cm³/mol. The van der Waals surface area contributed by atoms with Crippen LogP contribution in [0.15, 0.2) is 42.5 Å². The van der Waals surface area contributed by atoms with Gasteiger partial charge in [-0.2, -0.15) is 0 Å². The molecule has 0 spiro atoms. The fourth-order valence-electron chi connectivity index (χ4n) is 1.42. The predicted octanol–water partition coefficient (Wildman–Crippen LogP) is 4.75. The molecular weight excluding hydrogens is 220 g/mol. The van der Waals surface area contributed by atoms with E-state index < -0.39 is 0 Å². The van der Waals surface area contributed by atoms with E-state index in [2.05, 4.69) is 19.9 Å². The largest absolute Gasteiger partial charge is 0.457 e. The molecule has 0 saturated carbocycles. The molecule has 0 aliphatic heterocycles. The second-order valence-corrected chi connectivity index (χ2v) is 4.24. The van der Waals surface area contributed by atoms with E-state index in [1.54, 1.807) is 0 Å². The maximum atomic E-state index is 5.81. The van der Waals surface area contributed by atoms with Crippen LogP contribution in [0.25, 0.3) is 0 Å². The van der Waals surface area contributed by atoms with E-state index >= 15 is 0 Å². The molecule has 16 heavy (non-hydrogen) atoms. The lowest BCUT2D eigenvalue weighted by atomic mass is 10.1. The molecule has 82 valence electrons. The third kappa shape index (κ3) is 2.56. The topological polar surface area (TPSA) is 9.23 Å². The average molecular weight is 233 g/mol. The first-order chi connectivity index (χ1) is 7.65. The molecule has 0 amide bonds. The Balaban J connectivity index is 2.20. The molecule has 2 rings (SSSR count). The summed E-state index contributed by atoms with van der Waals surface area (Å²) < 4.78 is 5.71. The Morgan fingerprint density at radius 1 is 0.812 bits per heavy atom. The molecule has 0 bridgehead atoms. The van der Waals surface area contributed by atoms with Gasteiger partial charge in [-0.05, 0) is 61.4 Å². The highest BCUT2D eigenvalue weighted by molar-refractivity contribution is 6.30. The molecule has 0 radical (unpaired) electrons. The van der Waals surface area contributed by atoms with Crippen molar-refractivity contribution in [2.75, 3.05) is 0 Å². The zero-order chi connectivity index (χ0) is 11.5. The van der Waals surface area contributed by atoms with Gasteiger partial charge in [0.2, 0.25) is 0 Å². The number of hydrogen-bond acceptors (Lipinski definition) is 1. The minimum absolute atomic E-state index is 0.715. The number of benzene rings is 2. The summed E-state index contributed by atoms with van der Waals surface area (Å²) in [5.74, 6) is 1.65. The summed E-state index contributed by atoms with van der Waals surface area (Å²) in [6, 6.07) is 13.4. The van der Waals surface area contributed by atoms with E-state index in [1.165, 1.54) is 11.1 Å². The second kappa shape index (κ2) is 4.58. The second-order valence-electron chi connectivity index (χ2n) is 3.80. The maximum absolute atomic E-state index is 5.81. The minimum Gasteiger partial charge on any atom is -0.457 e. The van der Waals surface area contributed by atoms with Crippen molar-refractivity contribution in [3.8, 4) is 11.5 Å². The summed E-state index contributed by atoms with van der Waals surface area (Å²) in [7, 11) is 0. The van der Waals surface area contributed by atoms with Crippen molar-refractivity contribution in [1.29, 1.82) is 0 Å². The first-order valence-electron chi connectivity index (χ1n) is 5.16. The summed E-state index contributed by atoms with van der Waals surface area (Å²) in [5, 5.41) is 0.715. The molecule has 0 fully saturated rings. The van der Waals surface area contributed by atoms with Crippen molar-refractivity contribution in [3.05, 3.63) is 58.6 Å². The minimum atomic E-state index is 0.715. The third-order valence-corrected chi connectivity index (χ3v) is 2.78. The van der Waals surface area contributed by atoms with E-state index in [1.807, 2.05) is 36.4 Å². The van der Waals surface area contributed by atoms with Crippen molar-refractivity contribution < 1.29 is 4.74 Å². The van der Waals surface area contributed by atoms with Gasteiger partial charge in [0.25, 0.3) is 0 Å². The van der Waals surface area contributed by atoms with Crippen LogP contribution in [0.1, 0.15) is 11.1 Å². The normalized spacial score (nSPS) is 10.2. The molecule has 0 aliphatic rings. The molecular formula is C14H13ClO. The highest BCUT2D eigenvalue weighted by Crippen LogP contribution is 2.24. The highest BCUT2D eigenvalue weighted by atomic mass is 35.5. The number of hydrogen-bond donors (Lipinski definition) is 0. The number of aryl methyl sites for hydroxylation is 2. The Bertz CT molecular complexity index is 489. The SMILES string of the molecule is Cc1ccc(Oc2ccc(Cl)cc2)cc1C. The standard InChI is InChI=1S/C14H13ClO/c1-10-3-6-14(9-11(10)2)16-13-7-4-12(15)5-8-13/h3-9H,1-2H3. The lowest BCUT2D eigenvalue weighted by Gasteiger charge is -2.07. The lowest BCUT2D eigenvalue weighted by Crippen LogP contribution is -1.86. The third-order valence-electron chi connectivity index (χ3n) is 2.53. The lowest BCUT2D eigenvalue weighted by molar-refractivity contribution is 0.482. The van der Waals surface area contributed by atoms with Crippen molar-refractivity contribution in [3.63, 3.8) is 0 Å². The Labute approximate surface area is 101 Å². The highest BCUT2D eigenvalue weighted by Gasteiger charge is 1.99. The molecule has 0 heterocycles. The van der Waals surface area contributed by atoms with E-state index in [0.717, 1.165) is 11.5 Å². The Kier molecular flexibility index (Phi) is 3.16. The fourth-order valence-corrected chi connectivity index (χ4v) is 1.54. The van der Waals surface area contributed by atoms with E-state index in [9.17, 15) is 0 Å². The Morgan fingerprint density at radius 3 is 2.06 bits per heavy atom. The van der Waals surface area contributed by atoms with Crippen LogP contribution in [-0.4, -0.2) is 0 Å². The van der Waals surface area contributed by atoms with Crippen molar-refractivity contribution >= 4 is 11.6 Å². The zero-order valence-electron chi connectivity index (χ0n) is 9.33. The Morgan fingerprint density at radius 2 is 1.44 bits per heavy atom. The van der Waals surface area contributed by atoms with Crippen LogP contribution in [0, 0.1) is 13.8 Å². The molecule has 0 saturated heterocycles. The van der Waals surface area contributed by atoms with Crippen molar-refractivity contribution in [2.45, 2.75) is 13.8 Å². The van der Waals surface area contributed by atoms with Crippen LogP contribution in [0.5, 0.6) is 11.5 Å². The van der Waals surface area contributed by atoms with Gasteiger partial charge in [-0.15, -0.1) is 0 Å². The van der Waals surface area contributed by atoms with Gasteiger partial charge >= 0.3 is 0 Å². The summed E-state index contributed by atoms with van der Waals surface area (Å²) in [6.45, 7) is 4.16. The first-order valence-corrected chi connectivity index (χ1v) is 5.53. The van der Waals surface area contributed by atoms with Crippen LogP contribution in [0.3, 0.4) is 0 Å². The van der Waals surface area contributed by atoms with Gasteiger partial charge in [-0.3, -0.25) is 0 Å². The van der Waals surface area contributed by atoms with Crippen molar-refractivity contribution in [2.24, 2.45) is 0 Å². The van der Waals surface area contributed by atoms with Crippen molar-refractivity contribution in [1.82, 2.24) is 0 Å². The van der Waals surface area contributed by atoms with E-state index in [4.69, 9.17) is 16.3 Å². The monoisotopic (exact) mass is 232 g/mol. The van der Waals surface area contributed by atoms with Crippen LogP contribution in [0.4, 0.5) is 0 Å². The van der Waals surface area contributed by atoms with Crippen LogP contribution in [0.2, 0.25) is 5.02 Å². The van der Waals surface area contributed by atoms with Gasteiger partial charge < -0.3 is 4.74 Å². The number of ether oxygens (including phenoxy) is 1. The smallest absolute Gasteiger partial charge is 0.127 e. The summed E-state index contributed by atoms with van der Waals surface area (Å²) in [4.78, 5) is 0. The summed E-state index contributed by atoms with van der Waals surface area (Å²) in [6.07, 6.45) is 0. The molecule has 0 unspecified atom stereocenters. The van der Waals surface area contributed by atoms with Gasteiger partial charge in [0.15, 0.2) is 0 Å². The summed E-state index contributed by atoms with van der Waals surface area (Å²) in [5.41, 5.74) is 2.50. The van der Waals surface area contributed by atoms with E-state index in [-0.39, 0.29) is 0 Å². The quantitative estimate of drug-likeness (QED) is 0.726. The maximum Gasteiger partial charge on any atom is 0.127 e. The van der Waals surface area contributed by atoms with Gasteiger partial charge in [0, 0.05) is 5.02 Å². The zero-order valence-corrected chi connectivity index (χ0v) is 10.1. The van der Waals surface area contributed by atoms with Gasteiger partial charge in [-0.25, -0.2) is 0 Å². The fraction of sp³-hybridized carbons (Fsp3) is 0.143. The molecule has 2 aromatic carbocycles. The van der Waals surface area contributed by atoms with Gasteiger partial charge in [0.1, 0.15) is 11.5 Å². The van der Waals surface area contributed by atoms with Crippen LogP contribution < -0.4 is 4.74 Å². The van der Waals surface area contributed by atoms with Gasteiger partial charge in [0.05, 0.1) is 0 Å². The molecule has 1 nitrogen and oxygen atoms in total.